The van der Waals surface area contributed by atoms with Crippen LogP contribution < -0.4 is 15.0 Å². The molecule has 0 unspecified atom stereocenters. The molecule has 0 bridgehead atoms. The van der Waals surface area contributed by atoms with E-state index in [1.54, 1.807) is 36.4 Å². The van der Waals surface area contributed by atoms with Gasteiger partial charge in [-0.2, -0.15) is 0 Å². The summed E-state index contributed by atoms with van der Waals surface area (Å²) in [4.78, 5) is 38.6. The number of imide groups is 1. The summed E-state index contributed by atoms with van der Waals surface area (Å²) in [7, 11) is 0. The van der Waals surface area contributed by atoms with E-state index in [9.17, 15) is 14.4 Å². The Morgan fingerprint density at radius 2 is 1.59 bits per heavy atom. The summed E-state index contributed by atoms with van der Waals surface area (Å²) in [6, 6.07) is 18.8. The maximum atomic E-state index is 12.6. The molecule has 32 heavy (non-hydrogen) atoms. The number of nitrogens with zero attached hydrogens (tertiary/aromatic N) is 1. The lowest BCUT2D eigenvalue weighted by molar-refractivity contribution is -0.118. The smallest absolute Gasteiger partial charge is 0.266 e. The maximum absolute atomic E-state index is 12.6. The summed E-state index contributed by atoms with van der Waals surface area (Å²) in [5.41, 5.74) is 2.58. The molecule has 6 nitrogen and oxygen atoms in total. The Kier molecular flexibility index (Phi) is 5.97. The molecule has 162 valence electrons. The molecule has 7 heteroatoms. The molecule has 1 N–H and O–H groups in total. The molecule has 0 aliphatic carbocycles. The van der Waals surface area contributed by atoms with Crippen LogP contribution >= 0.6 is 11.6 Å². The average Bonchev–Trinajstić information content (AvgIpc) is 3.04. The first kappa shape index (κ1) is 21.6. The van der Waals surface area contributed by atoms with Gasteiger partial charge >= 0.3 is 0 Å². The Bertz CT molecular complexity index is 1170. The van der Waals surface area contributed by atoms with Crippen LogP contribution in [0.2, 0.25) is 5.02 Å². The van der Waals surface area contributed by atoms with Crippen molar-refractivity contribution >= 4 is 40.7 Å². The average molecular weight is 449 g/mol. The van der Waals surface area contributed by atoms with Gasteiger partial charge in [-0.15, -0.1) is 0 Å². The molecular weight excluding hydrogens is 428 g/mol. The Hall–Kier alpha value is -3.64. The second kappa shape index (κ2) is 8.85. The molecule has 3 aromatic rings. The predicted molar refractivity (Wildman–Crippen MR) is 124 cm³/mol. The molecule has 0 saturated carbocycles. The lowest BCUT2D eigenvalue weighted by Gasteiger charge is -2.16. The number of hydrogen-bond donors (Lipinski definition) is 1. The summed E-state index contributed by atoms with van der Waals surface area (Å²) in [5, 5.41) is 2.89. The van der Waals surface area contributed by atoms with Crippen LogP contribution in [0.4, 0.5) is 11.4 Å². The third-order valence-electron chi connectivity index (χ3n) is 5.20. The number of rotatable bonds is 6. The van der Waals surface area contributed by atoms with Crippen molar-refractivity contribution in [2.45, 2.75) is 19.8 Å². The summed E-state index contributed by atoms with van der Waals surface area (Å²) < 4.78 is 5.53. The largest absolute Gasteiger partial charge is 0.484 e. The number of benzene rings is 3. The Labute approximate surface area is 190 Å². The highest BCUT2D eigenvalue weighted by Crippen LogP contribution is 2.33. The third-order valence-corrected chi connectivity index (χ3v) is 5.51. The number of halogens is 1. The molecule has 0 radical (unpaired) electrons. The van der Waals surface area contributed by atoms with Crippen LogP contribution in [0.1, 0.15) is 46.0 Å². The monoisotopic (exact) mass is 448 g/mol. The number of anilines is 2. The van der Waals surface area contributed by atoms with E-state index in [0.717, 1.165) is 4.90 Å². The highest BCUT2D eigenvalue weighted by Gasteiger charge is 2.36. The lowest BCUT2D eigenvalue weighted by atomic mass is 10.0. The highest BCUT2D eigenvalue weighted by molar-refractivity contribution is 6.36. The molecular formula is C25H21ClN2O4. The lowest BCUT2D eigenvalue weighted by Crippen LogP contribution is -2.29. The number of fused-ring (bicyclic) bond motifs is 1. The third kappa shape index (κ3) is 4.22. The van der Waals surface area contributed by atoms with Crippen LogP contribution in [0.5, 0.6) is 5.75 Å². The van der Waals surface area contributed by atoms with Gasteiger partial charge in [-0.1, -0.05) is 49.7 Å². The molecule has 0 atom stereocenters. The molecule has 1 aliphatic heterocycles. The summed E-state index contributed by atoms with van der Waals surface area (Å²) in [5.74, 6) is -0.187. The van der Waals surface area contributed by atoms with Gasteiger partial charge in [0.15, 0.2) is 6.61 Å². The van der Waals surface area contributed by atoms with Gasteiger partial charge in [0.1, 0.15) is 5.75 Å². The van der Waals surface area contributed by atoms with Crippen molar-refractivity contribution in [2.24, 2.45) is 0 Å². The number of nitrogens with one attached hydrogen (secondary N) is 1. The van der Waals surface area contributed by atoms with Crippen LogP contribution in [-0.4, -0.2) is 24.3 Å². The van der Waals surface area contributed by atoms with Gasteiger partial charge in [0, 0.05) is 0 Å². The van der Waals surface area contributed by atoms with Gasteiger partial charge in [0.2, 0.25) is 0 Å². The molecule has 0 spiro atoms. The van der Waals surface area contributed by atoms with Crippen molar-refractivity contribution in [3.8, 4) is 5.75 Å². The van der Waals surface area contributed by atoms with Crippen LogP contribution in [0.3, 0.4) is 0 Å². The Morgan fingerprint density at radius 1 is 0.969 bits per heavy atom. The van der Waals surface area contributed by atoms with Crippen molar-refractivity contribution in [3.05, 3.63) is 88.4 Å². The number of carbonyl (C=O) groups is 3. The zero-order chi connectivity index (χ0) is 22.8. The van der Waals surface area contributed by atoms with Crippen molar-refractivity contribution in [1.29, 1.82) is 0 Å². The fourth-order valence-corrected chi connectivity index (χ4v) is 3.67. The van der Waals surface area contributed by atoms with E-state index in [1.165, 1.54) is 11.6 Å². The molecule has 1 aliphatic rings. The van der Waals surface area contributed by atoms with Gasteiger partial charge in [-0.05, 0) is 53.9 Å². The minimum Gasteiger partial charge on any atom is -0.484 e. The number of amides is 3. The van der Waals surface area contributed by atoms with Crippen molar-refractivity contribution < 1.29 is 19.1 Å². The van der Waals surface area contributed by atoms with Crippen LogP contribution in [-0.2, 0) is 4.79 Å². The molecule has 0 aromatic heterocycles. The number of ether oxygens (including phenoxy) is 1. The second-order valence-corrected chi connectivity index (χ2v) is 8.12. The van der Waals surface area contributed by atoms with Crippen molar-refractivity contribution in [2.75, 3.05) is 16.8 Å². The standard InChI is InChI=1S/C25H21ClN2O4/c1-15(2)16-7-10-18(11-8-16)32-14-23(29)27-22-12-9-17(13-21(22)26)28-24(30)19-5-3-4-6-20(19)25(28)31/h3-13,15H,14H2,1-2H3,(H,27,29). The fourth-order valence-electron chi connectivity index (χ4n) is 3.45. The van der Waals surface area contributed by atoms with Gasteiger partial charge in [-0.25, -0.2) is 4.90 Å². The number of carbonyl (C=O) groups excluding carboxylic acids is 3. The Balaban J connectivity index is 1.41. The highest BCUT2D eigenvalue weighted by atomic mass is 35.5. The second-order valence-electron chi connectivity index (χ2n) is 7.72. The van der Waals surface area contributed by atoms with E-state index in [1.807, 2.05) is 24.3 Å². The van der Waals surface area contributed by atoms with E-state index in [4.69, 9.17) is 16.3 Å². The van der Waals surface area contributed by atoms with Crippen LogP contribution in [0, 0.1) is 0 Å². The first-order chi connectivity index (χ1) is 15.3. The van der Waals surface area contributed by atoms with E-state index in [2.05, 4.69) is 19.2 Å². The molecule has 3 amide bonds. The van der Waals surface area contributed by atoms with Crippen LogP contribution in [0.15, 0.2) is 66.7 Å². The zero-order valence-corrected chi connectivity index (χ0v) is 18.3. The SMILES string of the molecule is CC(C)c1ccc(OCC(=O)Nc2ccc(N3C(=O)c4ccccc4C3=O)cc2Cl)cc1. The minimum absolute atomic E-state index is 0.183. The molecule has 0 fully saturated rings. The zero-order valence-electron chi connectivity index (χ0n) is 17.6. The Morgan fingerprint density at radius 3 is 2.16 bits per heavy atom. The van der Waals surface area contributed by atoms with Crippen LogP contribution in [0.25, 0.3) is 0 Å². The van der Waals surface area contributed by atoms with Crippen molar-refractivity contribution in [1.82, 2.24) is 0 Å². The first-order valence-corrected chi connectivity index (χ1v) is 10.5. The molecule has 4 rings (SSSR count). The normalized spacial score (nSPS) is 12.8. The predicted octanol–water partition coefficient (Wildman–Crippen LogP) is 5.28. The van der Waals surface area contributed by atoms with Gasteiger partial charge < -0.3 is 10.1 Å². The van der Waals surface area contributed by atoms with Gasteiger partial charge in [0.25, 0.3) is 17.7 Å². The van der Waals surface area contributed by atoms with E-state index in [0.29, 0.717) is 34.2 Å². The van der Waals surface area contributed by atoms with Gasteiger partial charge in [0.05, 0.1) is 27.5 Å². The van der Waals surface area contributed by atoms with E-state index in [-0.39, 0.29) is 17.5 Å². The summed E-state index contributed by atoms with van der Waals surface area (Å²) >= 11 is 6.32. The maximum Gasteiger partial charge on any atom is 0.266 e. The van der Waals surface area contributed by atoms with E-state index < -0.39 is 11.8 Å². The summed E-state index contributed by atoms with van der Waals surface area (Å²) in [6.45, 7) is 4.02. The summed E-state index contributed by atoms with van der Waals surface area (Å²) in [6.07, 6.45) is 0. The molecule has 1 heterocycles. The quantitative estimate of drug-likeness (QED) is 0.520. The molecule has 3 aromatic carbocycles. The van der Waals surface area contributed by atoms with Crippen molar-refractivity contribution in [3.63, 3.8) is 0 Å². The first-order valence-electron chi connectivity index (χ1n) is 10.1. The molecule has 0 saturated heterocycles. The topological polar surface area (TPSA) is 75.7 Å². The minimum atomic E-state index is -0.407. The van der Waals surface area contributed by atoms with Gasteiger partial charge in [-0.3, -0.25) is 14.4 Å². The number of hydrogen-bond acceptors (Lipinski definition) is 4. The fraction of sp³-hybridized carbons (Fsp3) is 0.160. The van der Waals surface area contributed by atoms with E-state index >= 15 is 0 Å².